The van der Waals surface area contributed by atoms with E-state index >= 15 is 0 Å². The van der Waals surface area contributed by atoms with Crippen molar-refractivity contribution >= 4 is 17.8 Å². The second-order valence-corrected chi connectivity index (χ2v) is 3.45. The van der Waals surface area contributed by atoms with Gasteiger partial charge in [-0.25, -0.2) is 0 Å². The molecule has 0 bridgehead atoms. The van der Waals surface area contributed by atoms with E-state index in [1.54, 1.807) is 36.8 Å². The third-order valence-corrected chi connectivity index (χ3v) is 2.20. The molecule has 0 spiro atoms. The molecule has 1 aromatic carbocycles. The number of aliphatic imine (C=N–C) groups is 1. The number of primary amides is 1. The van der Waals surface area contributed by atoms with E-state index in [-0.39, 0.29) is 0 Å². The summed E-state index contributed by atoms with van der Waals surface area (Å²) in [6.45, 7) is 0. The van der Waals surface area contributed by atoms with Crippen molar-refractivity contribution in [3.8, 4) is 0 Å². The molecule has 0 unspecified atom stereocenters. The van der Waals surface area contributed by atoms with Gasteiger partial charge < -0.3 is 5.73 Å². The Hall–Kier alpha value is -2.49. The number of amides is 1. The van der Waals surface area contributed by atoms with Crippen LogP contribution in [-0.2, 0) is 0 Å². The first-order valence-electron chi connectivity index (χ1n) is 5.10. The van der Waals surface area contributed by atoms with E-state index in [1.165, 1.54) is 0 Å². The summed E-state index contributed by atoms with van der Waals surface area (Å²) in [6.07, 6.45) is 5.10. The Balaban J connectivity index is 2.22. The van der Waals surface area contributed by atoms with Gasteiger partial charge in [0.25, 0.3) is 0 Å². The van der Waals surface area contributed by atoms with E-state index in [9.17, 15) is 4.79 Å². The van der Waals surface area contributed by atoms with Crippen LogP contribution >= 0.6 is 0 Å². The molecule has 2 aromatic rings. The van der Waals surface area contributed by atoms with Gasteiger partial charge >= 0.3 is 0 Å². The van der Waals surface area contributed by atoms with E-state index in [0.717, 1.165) is 5.56 Å². The number of nitrogens with zero attached hydrogens (tertiary/aromatic N) is 2. The second kappa shape index (κ2) is 5.03. The molecule has 84 valence electrons. The molecule has 0 aliphatic heterocycles. The molecular weight excluding hydrogens is 214 g/mol. The van der Waals surface area contributed by atoms with Crippen molar-refractivity contribution in [2.75, 3.05) is 0 Å². The van der Waals surface area contributed by atoms with Crippen molar-refractivity contribution in [2.45, 2.75) is 0 Å². The smallest absolute Gasteiger partial charge is 0.248 e. The fourth-order valence-corrected chi connectivity index (χ4v) is 1.34. The molecule has 0 atom stereocenters. The highest BCUT2D eigenvalue weighted by Gasteiger charge is 1.99. The van der Waals surface area contributed by atoms with Crippen LogP contribution in [0.15, 0.2) is 53.8 Å². The molecule has 1 heterocycles. The number of nitrogens with two attached hydrogens (primary N) is 1. The van der Waals surface area contributed by atoms with Gasteiger partial charge in [-0.2, -0.15) is 0 Å². The number of pyridine rings is 1. The van der Waals surface area contributed by atoms with E-state index in [4.69, 9.17) is 5.73 Å². The van der Waals surface area contributed by atoms with Gasteiger partial charge in [0.05, 0.1) is 5.69 Å². The molecule has 4 heteroatoms. The highest BCUT2D eigenvalue weighted by Crippen LogP contribution is 2.13. The summed E-state index contributed by atoms with van der Waals surface area (Å²) < 4.78 is 0. The SMILES string of the molecule is NC(=O)c1cccc(N=Cc2ccncc2)c1. The molecule has 4 nitrogen and oxygen atoms in total. The lowest BCUT2D eigenvalue weighted by atomic mass is 10.2. The van der Waals surface area contributed by atoms with E-state index in [0.29, 0.717) is 11.3 Å². The summed E-state index contributed by atoms with van der Waals surface area (Å²) in [5.41, 5.74) is 7.29. The average molecular weight is 225 g/mol. The summed E-state index contributed by atoms with van der Waals surface area (Å²) >= 11 is 0. The van der Waals surface area contributed by atoms with Crippen LogP contribution in [0.3, 0.4) is 0 Å². The van der Waals surface area contributed by atoms with Gasteiger partial charge in [-0.15, -0.1) is 0 Å². The normalized spacial score (nSPS) is 10.6. The number of aromatic nitrogens is 1. The van der Waals surface area contributed by atoms with Gasteiger partial charge in [0.2, 0.25) is 5.91 Å². The van der Waals surface area contributed by atoms with Crippen LogP contribution in [0.4, 0.5) is 5.69 Å². The number of benzene rings is 1. The average Bonchev–Trinajstić information content (AvgIpc) is 2.38. The Morgan fingerprint density at radius 3 is 2.71 bits per heavy atom. The van der Waals surface area contributed by atoms with Crippen LogP contribution < -0.4 is 5.73 Å². The summed E-state index contributed by atoms with van der Waals surface area (Å²) in [5, 5.41) is 0. The quantitative estimate of drug-likeness (QED) is 0.811. The first-order valence-corrected chi connectivity index (χ1v) is 5.10. The van der Waals surface area contributed by atoms with Gasteiger partial charge in [-0.05, 0) is 35.9 Å². The van der Waals surface area contributed by atoms with E-state index in [2.05, 4.69) is 9.98 Å². The molecule has 17 heavy (non-hydrogen) atoms. The highest BCUT2D eigenvalue weighted by molar-refractivity contribution is 5.93. The molecule has 2 rings (SSSR count). The molecule has 0 aliphatic rings. The monoisotopic (exact) mass is 225 g/mol. The Labute approximate surface area is 98.8 Å². The predicted octanol–water partition coefficient (Wildman–Crippen LogP) is 1.93. The number of carbonyl (C=O) groups is 1. The molecule has 1 aromatic heterocycles. The summed E-state index contributed by atoms with van der Waals surface area (Å²) in [4.78, 5) is 19.2. The summed E-state index contributed by atoms with van der Waals surface area (Å²) in [6, 6.07) is 10.6. The van der Waals surface area contributed by atoms with Crippen molar-refractivity contribution in [3.63, 3.8) is 0 Å². The zero-order chi connectivity index (χ0) is 12.1. The van der Waals surface area contributed by atoms with Gasteiger partial charge in [0, 0.05) is 24.2 Å². The number of carbonyl (C=O) groups excluding carboxylic acids is 1. The zero-order valence-corrected chi connectivity index (χ0v) is 9.08. The fourth-order valence-electron chi connectivity index (χ4n) is 1.34. The van der Waals surface area contributed by atoms with Crippen molar-refractivity contribution in [1.29, 1.82) is 0 Å². The van der Waals surface area contributed by atoms with Crippen LogP contribution in [0.2, 0.25) is 0 Å². The van der Waals surface area contributed by atoms with Gasteiger partial charge in [0.1, 0.15) is 0 Å². The number of hydrogen-bond donors (Lipinski definition) is 1. The summed E-state index contributed by atoms with van der Waals surface area (Å²) in [5.74, 6) is -0.453. The first-order chi connectivity index (χ1) is 8.25. The van der Waals surface area contributed by atoms with E-state index < -0.39 is 5.91 Å². The minimum Gasteiger partial charge on any atom is -0.366 e. The maximum Gasteiger partial charge on any atom is 0.248 e. The van der Waals surface area contributed by atoms with Crippen molar-refractivity contribution in [1.82, 2.24) is 4.98 Å². The molecule has 1 amide bonds. The molecule has 0 aliphatic carbocycles. The third kappa shape index (κ3) is 2.98. The molecule has 0 radical (unpaired) electrons. The summed E-state index contributed by atoms with van der Waals surface area (Å²) in [7, 11) is 0. The second-order valence-electron chi connectivity index (χ2n) is 3.45. The predicted molar refractivity (Wildman–Crippen MR) is 66.5 cm³/mol. The molecule has 0 fully saturated rings. The molecule has 0 saturated carbocycles. The maximum atomic E-state index is 11.0. The minimum absolute atomic E-state index is 0.453. The Morgan fingerprint density at radius 2 is 2.00 bits per heavy atom. The van der Waals surface area contributed by atoms with Crippen LogP contribution in [0.5, 0.6) is 0 Å². The van der Waals surface area contributed by atoms with Crippen LogP contribution in [0.25, 0.3) is 0 Å². The lowest BCUT2D eigenvalue weighted by Gasteiger charge is -1.97. The maximum absolute atomic E-state index is 11.0. The molecule has 2 N–H and O–H groups in total. The van der Waals surface area contributed by atoms with Crippen LogP contribution in [0, 0.1) is 0 Å². The van der Waals surface area contributed by atoms with Crippen molar-refractivity contribution < 1.29 is 4.79 Å². The van der Waals surface area contributed by atoms with Gasteiger partial charge in [-0.1, -0.05) is 6.07 Å². The Morgan fingerprint density at radius 1 is 1.24 bits per heavy atom. The number of rotatable bonds is 3. The Bertz CT molecular complexity index is 550. The lowest BCUT2D eigenvalue weighted by Crippen LogP contribution is -2.10. The third-order valence-electron chi connectivity index (χ3n) is 2.20. The van der Waals surface area contributed by atoms with Gasteiger partial charge in [-0.3, -0.25) is 14.8 Å². The number of hydrogen-bond acceptors (Lipinski definition) is 3. The zero-order valence-electron chi connectivity index (χ0n) is 9.08. The highest BCUT2D eigenvalue weighted by atomic mass is 16.1. The Kier molecular flexibility index (Phi) is 3.25. The standard InChI is InChI=1S/C13H11N3O/c14-13(17)11-2-1-3-12(8-11)16-9-10-4-6-15-7-5-10/h1-9H,(H2,14,17). The largest absolute Gasteiger partial charge is 0.366 e. The first kappa shape index (κ1) is 11.0. The minimum atomic E-state index is -0.453. The molecular formula is C13H11N3O. The topological polar surface area (TPSA) is 68.3 Å². The molecule has 0 saturated heterocycles. The van der Waals surface area contributed by atoms with Crippen LogP contribution in [0.1, 0.15) is 15.9 Å². The van der Waals surface area contributed by atoms with Crippen LogP contribution in [-0.4, -0.2) is 17.1 Å². The fraction of sp³-hybridized carbons (Fsp3) is 0. The lowest BCUT2D eigenvalue weighted by molar-refractivity contribution is 0.100. The van der Waals surface area contributed by atoms with Gasteiger partial charge in [0.15, 0.2) is 0 Å². The van der Waals surface area contributed by atoms with Crippen molar-refractivity contribution in [2.24, 2.45) is 10.7 Å². The van der Waals surface area contributed by atoms with Crippen molar-refractivity contribution in [3.05, 3.63) is 59.9 Å². The van der Waals surface area contributed by atoms with E-state index in [1.807, 2.05) is 18.2 Å².